The van der Waals surface area contributed by atoms with Crippen molar-refractivity contribution in [3.05, 3.63) is 42.2 Å². The first-order chi connectivity index (χ1) is 11.1. The first kappa shape index (κ1) is 16.5. The lowest BCUT2D eigenvalue weighted by Crippen LogP contribution is -2.31. The van der Waals surface area contributed by atoms with Gasteiger partial charge in [-0.15, -0.1) is 0 Å². The zero-order chi connectivity index (χ0) is 16.7. The number of nitrogens with one attached hydrogen (secondary N) is 1. The van der Waals surface area contributed by atoms with E-state index in [1.807, 2.05) is 6.07 Å². The lowest BCUT2D eigenvalue weighted by atomic mass is 10.2. The van der Waals surface area contributed by atoms with Gasteiger partial charge in [0.05, 0.1) is 0 Å². The van der Waals surface area contributed by atoms with E-state index in [4.69, 9.17) is 14.0 Å². The predicted octanol–water partition coefficient (Wildman–Crippen LogP) is 2.32. The Hall–Kier alpha value is -2.83. The van der Waals surface area contributed by atoms with Crippen molar-refractivity contribution < 1.29 is 23.6 Å². The summed E-state index contributed by atoms with van der Waals surface area (Å²) in [4.78, 5) is 23.7. The fraction of sp³-hybridized carbons (Fsp3) is 0.312. The molecule has 1 aromatic heterocycles. The van der Waals surface area contributed by atoms with Crippen molar-refractivity contribution in [1.29, 1.82) is 0 Å². The molecule has 0 unspecified atom stereocenters. The van der Waals surface area contributed by atoms with E-state index in [9.17, 15) is 9.59 Å². The standard InChI is InChI=1S/C16H18N2O5/c1-3-13(22-12-7-5-4-6-8-12)16(20)21-10-15(19)17-14-9-11(2)23-18-14/h4-9,13H,3,10H2,1-2H3,(H,17,18,19)/t13-/m1/s1. The van der Waals surface area contributed by atoms with E-state index in [1.54, 1.807) is 44.2 Å². The van der Waals surface area contributed by atoms with Crippen molar-refractivity contribution in [2.45, 2.75) is 26.4 Å². The van der Waals surface area contributed by atoms with Crippen molar-refractivity contribution in [1.82, 2.24) is 5.16 Å². The molecule has 1 heterocycles. The van der Waals surface area contributed by atoms with Gasteiger partial charge in [-0.3, -0.25) is 4.79 Å². The number of hydrogen-bond acceptors (Lipinski definition) is 6. The van der Waals surface area contributed by atoms with E-state index < -0.39 is 24.6 Å². The van der Waals surface area contributed by atoms with E-state index in [0.717, 1.165) is 0 Å². The summed E-state index contributed by atoms with van der Waals surface area (Å²) in [6.07, 6.45) is -0.336. The number of carbonyl (C=O) groups is 2. The van der Waals surface area contributed by atoms with Gasteiger partial charge in [0.25, 0.3) is 5.91 Å². The summed E-state index contributed by atoms with van der Waals surface area (Å²) in [6.45, 7) is 3.09. The number of ether oxygens (including phenoxy) is 2. The van der Waals surface area contributed by atoms with Crippen LogP contribution in [0.4, 0.5) is 5.82 Å². The predicted molar refractivity (Wildman–Crippen MR) is 82.0 cm³/mol. The van der Waals surface area contributed by atoms with E-state index in [-0.39, 0.29) is 5.82 Å². The minimum atomic E-state index is -0.764. The van der Waals surface area contributed by atoms with Crippen LogP contribution in [0.1, 0.15) is 19.1 Å². The Bertz CT molecular complexity index is 654. The molecule has 0 radical (unpaired) electrons. The average molecular weight is 318 g/mol. The van der Waals surface area contributed by atoms with Crippen molar-refractivity contribution in [3.63, 3.8) is 0 Å². The molecule has 0 aliphatic heterocycles. The molecule has 0 saturated carbocycles. The summed E-state index contributed by atoms with van der Waals surface area (Å²) in [5, 5.41) is 6.08. The number of rotatable bonds is 7. The van der Waals surface area contributed by atoms with Crippen LogP contribution in [0.25, 0.3) is 0 Å². The van der Waals surface area contributed by atoms with Crippen LogP contribution in [0.15, 0.2) is 40.9 Å². The van der Waals surface area contributed by atoms with Crippen LogP contribution >= 0.6 is 0 Å². The highest BCUT2D eigenvalue weighted by molar-refractivity contribution is 5.92. The smallest absolute Gasteiger partial charge is 0.347 e. The second-order valence-electron chi connectivity index (χ2n) is 4.81. The Morgan fingerprint density at radius 1 is 1.30 bits per heavy atom. The summed E-state index contributed by atoms with van der Waals surface area (Å²) in [5.41, 5.74) is 0. The quantitative estimate of drug-likeness (QED) is 0.788. The third-order valence-corrected chi connectivity index (χ3v) is 2.90. The molecule has 2 aromatic rings. The maximum Gasteiger partial charge on any atom is 0.347 e. The van der Waals surface area contributed by atoms with Crippen molar-refractivity contribution in [2.75, 3.05) is 11.9 Å². The Morgan fingerprint density at radius 3 is 2.65 bits per heavy atom. The summed E-state index contributed by atoms with van der Waals surface area (Å²) >= 11 is 0. The van der Waals surface area contributed by atoms with Crippen molar-refractivity contribution in [3.8, 4) is 5.75 Å². The lowest BCUT2D eigenvalue weighted by Gasteiger charge is -2.16. The third kappa shape index (κ3) is 5.14. The van der Waals surface area contributed by atoms with Gasteiger partial charge in [0.1, 0.15) is 11.5 Å². The third-order valence-electron chi connectivity index (χ3n) is 2.90. The Labute approximate surface area is 133 Å². The lowest BCUT2D eigenvalue weighted by molar-refractivity contribution is -0.154. The number of para-hydroxylation sites is 1. The molecule has 1 N–H and O–H groups in total. The number of anilines is 1. The Morgan fingerprint density at radius 2 is 2.04 bits per heavy atom. The van der Waals surface area contributed by atoms with E-state index in [2.05, 4.69) is 10.5 Å². The summed E-state index contributed by atoms with van der Waals surface area (Å²) in [5.74, 6) is 0.318. The van der Waals surface area contributed by atoms with Crippen LogP contribution in [-0.4, -0.2) is 29.7 Å². The first-order valence-corrected chi connectivity index (χ1v) is 7.20. The number of carbonyl (C=O) groups excluding carboxylic acids is 2. The van der Waals surface area contributed by atoms with Gasteiger partial charge in [0.2, 0.25) is 0 Å². The Kier molecular flexibility index (Phi) is 5.74. The van der Waals surface area contributed by atoms with Gasteiger partial charge >= 0.3 is 5.97 Å². The normalized spacial score (nSPS) is 11.6. The maximum atomic E-state index is 12.0. The fourth-order valence-electron chi connectivity index (χ4n) is 1.80. The molecule has 0 spiro atoms. The molecule has 2 rings (SSSR count). The molecule has 0 saturated heterocycles. The maximum absolute atomic E-state index is 12.0. The van der Waals surface area contributed by atoms with Crippen LogP contribution in [0, 0.1) is 6.92 Å². The Balaban J connectivity index is 1.81. The highest BCUT2D eigenvalue weighted by atomic mass is 16.6. The zero-order valence-electron chi connectivity index (χ0n) is 12.9. The van der Waals surface area contributed by atoms with Crippen LogP contribution < -0.4 is 10.1 Å². The second-order valence-corrected chi connectivity index (χ2v) is 4.81. The van der Waals surface area contributed by atoms with Crippen LogP contribution in [0.3, 0.4) is 0 Å². The van der Waals surface area contributed by atoms with Gasteiger partial charge in [-0.05, 0) is 25.5 Å². The molecular formula is C16H18N2O5. The summed E-state index contributed by atoms with van der Waals surface area (Å²) in [7, 11) is 0. The number of benzene rings is 1. The summed E-state index contributed by atoms with van der Waals surface area (Å²) in [6, 6.07) is 10.5. The summed E-state index contributed by atoms with van der Waals surface area (Å²) < 4.78 is 15.3. The SMILES string of the molecule is CC[C@@H](Oc1ccccc1)C(=O)OCC(=O)Nc1cc(C)on1. The molecule has 23 heavy (non-hydrogen) atoms. The van der Waals surface area contributed by atoms with Crippen LogP contribution in [0.2, 0.25) is 0 Å². The molecule has 122 valence electrons. The topological polar surface area (TPSA) is 90.7 Å². The molecule has 1 amide bonds. The van der Waals surface area contributed by atoms with E-state index in [0.29, 0.717) is 17.9 Å². The fourth-order valence-corrected chi connectivity index (χ4v) is 1.80. The number of nitrogens with zero attached hydrogens (tertiary/aromatic N) is 1. The largest absolute Gasteiger partial charge is 0.479 e. The average Bonchev–Trinajstić information content (AvgIpc) is 2.96. The molecular weight excluding hydrogens is 300 g/mol. The molecule has 0 aliphatic rings. The van der Waals surface area contributed by atoms with E-state index >= 15 is 0 Å². The number of esters is 1. The molecule has 7 nitrogen and oxygen atoms in total. The van der Waals surface area contributed by atoms with Gasteiger partial charge in [0, 0.05) is 6.07 Å². The van der Waals surface area contributed by atoms with Gasteiger partial charge in [-0.1, -0.05) is 30.3 Å². The van der Waals surface area contributed by atoms with Crippen molar-refractivity contribution >= 4 is 17.7 Å². The number of aromatic nitrogens is 1. The molecule has 0 bridgehead atoms. The minimum Gasteiger partial charge on any atom is -0.479 e. The van der Waals surface area contributed by atoms with Gasteiger partial charge in [-0.25, -0.2) is 4.79 Å². The monoisotopic (exact) mass is 318 g/mol. The highest BCUT2D eigenvalue weighted by Gasteiger charge is 2.21. The minimum absolute atomic E-state index is 0.274. The molecule has 1 atom stereocenters. The number of amides is 1. The van der Waals surface area contributed by atoms with Crippen LogP contribution in [-0.2, 0) is 14.3 Å². The molecule has 0 aliphatic carbocycles. The number of hydrogen-bond donors (Lipinski definition) is 1. The zero-order valence-corrected chi connectivity index (χ0v) is 12.9. The van der Waals surface area contributed by atoms with E-state index in [1.165, 1.54) is 0 Å². The highest BCUT2D eigenvalue weighted by Crippen LogP contribution is 2.13. The molecule has 1 aromatic carbocycles. The van der Waals surface area contributed by atoms with Gasteiger partial charge in [0.15, 0.2) is 18.5 Å². The van der Waals surface area contributed by atoms with Gasteiger partial charge < -0.3 is 19.3 Å². The first-order valence-electron chi connectivity index (χ1n) is 7.20. The van der Waals surface area contributed by atoms with Crippen LogP contribution in [0.5, 0.6) is 5.75 Å². The molecule has 0 fully saturated rings. The van der Waals surface area contributed by atoms with Crippen molar-refractivity contribution in [2.24, 2.45) is 0 Å². The van der Waals surface area contributed by atoms with Gasteiger partial charge in [-0.2, -0.15) is 0 Å². The molecule has 7 heteroatoms. The number of aryl methyl sites for hydroxylation is 1. The second kappa shape index (κ2) is 7.98.